The summed E-state index contributed by atoms with van der Waals surface area (Å²) in [5.41, 5.74) is 0. The Bertz CT molecular complexity index is 556. The highest BCUT2D eigenvalue weighted by Gasteiger charge is 2.10. The second-order valence-corrected chi connectivity index (χ2v) is 13.8. The molecule has 0 amide bonds. The molecule has 0 saturated carbocycles. The van der Waals surface area contributed by atoms with E-state index in [1.165, 1.54) is 173 Å². The van der Waals surface area contributed by atoms with Crippen molar-refractivity contribution < 1.29 is 14.3 Å². The highest BCUT2D eigenvalue weighted by molar-refractivity contribution is 5.85. The minimum absolute atomic E-state index is 0.323. The van der Waals surface area contributed by atoms with E-state index in [9.17, 15) is 9.59 Å². The quantitative estimate of drug-likeness (QED) is 0.0424. The van der Waals surface area contributed by atoms with Gasteiger partial charge in [0.1, 0.15) is 0 Å². The Labute approximate surface area is 264 Å². The van der Waals surface area contributed by atoms with E-state index in [1.807, 2.05) is 0 Å². The molecule has 0 bridgehead atoms. The molecule has 0 unspecified atom stereocenters. The standard InChI is InChI=1S/C39H76O3/c1-4-5-6-7-8-9-10-11-13-17-20-23-26-29-32-35-38(40)42-39(41)36-33-30-27-24-21-18-15-12-14-16-19-22-25-28-31-34-37(2)3/h37H,4-36H2,1-3H3. The fraction of sp³-hybridized carbons (Fsp3) is 0.949. The van der Waals surface area contributed by atoms with Crippen LogP contribution in [-0.2, 0) is 14.3 Å². The molecule has 3 nitrogen and oxygen atoms in total. The van der Waals surface area contributed by atoms with E-state index in [0.29, 0.717) is 12.8 Å². The Balaban J connectivity index is 3.27. The number of carbonyl (C=O) groups is 2. The molecular weight excluding hydrogens is 516 g/mol. The molecule has 250 valence electrons. The van der Waals surface area contributed by atoms with Crippen LogP contribution in [0, 0.1) is 5.92 Å². The van der Waals surface area contributed by atoms with E-state index >= 15 is 0 Å². The molecule has 0 spiro atoms. The minimum Gasteiger partial charge on any atom is -0.393 e. The third-order valence-electron chi connectivity index (χ3n) is 8.87. The van der Waals surface area contributed by atoms with Crippen LogP contribution in [0.5, 0.6) is 0 Å². The smallest absolute Gasteiger partial charge is 0.313 e. The van der Waals surface area contributed by atoms with Crippen LogP contribution in [0.25, 0.3) is 0 Å². The summed E-state index contributed by atoms with van der Waals surface area (Å²) < 4.78 is 5.02. The van der Waals surface area contributed by atoms with Gasteiger partial charge in [-0.25, -0.2) is 0 Å². The maximum absolute atomic E-state index is 11.9. The average molecular weight is 593 g/mol. The molecule has 0 rings (SSSR count). The molecule has 0 heterocycles. The largest absolute Gasteiger partial charge is 0.393 e. The SMILES string of the molecule is CCCCCCCCCCCCCCCCCC(=O)OC(=O)CCCCCCCCCCCCCCCCCC(C)C. The monoisotopic (exact) mass is 593 g/mol. The fourth-order valence-corrected chi connectivity index (χ4v) is 5.99. The van der Waals surface area contributed by atoms with Crippen LogP contribution in [0.15, 0.2) is 0 Å². The summed E-state index contributed by atoms with van der Waals surface area (Å²) in [7, 11) is 0. The number of esters is 2. The van der Waals surface area contributed by atoms with Crippen LogP contribution in [0.1, 0.15) is 233 Å². The van der Waals surface area contributed by atoms with Gasteiger partial charge in [-0.3, -0.25) is 9.59 Å². The molecule has 0 aromatic carbocycles. The lowest BCUT2D eigenvalue weighted by Crippen LogP contribution is -2.11. The molecule has 0 aliphatic carbocycles. The Kier molecular flexibility index (Phi) is 33.9. The van der Waals surface area contributed by atoms with Crippen molar-refractivity contribution in [2.75, 3.05) is 0 Å². The van der Waals surface area contributed by atoms with E-state index in [4.69, 9.17) is 4.74 Å². The van der Waals surface area contributed by atoms with Gasteiger partial charge in [-0.15, -0.1) is 0 Å². The summed E-state index contributed by atoms with van der Waals surface area (Å²) in [5.74, 6) is 0.219. The number of rotatable bonds is 34. The Morgan fingerprint density at radius 1 is 0.381 bits per heavy atom. The Morgan fingerprint density at radius 2 is 0.619 bits per heavy atom. The summed E-state index contributed by atoms with van der Waals surface area (Å²) in [6.45, 7) is 6.93. The van der Waals surface area contributed by atoms with Crippen LogP contribution in [0.4, 0.5) is 0 Å². The van der Waals surface area contributed by atoms with Crippen LogP contribution < -0.4 is 0 Å². The van der Waals surface area contributed by atoms with Gasteiger partial charge < -0.3 is 4.74 Å². The predicted octanol–water partition coefficient (Wildman–Crippen LogP) is 13.6. The second kappa shape index (κ2) is 34.6. The first kappa shape index (κ1) is 41.1. The molecule has 0 aromatic rings. The Hall–Kier alpha value is -0.860. The van der Waals surface area contributed by atoms with Crippen LogP contribution in [0.3, 0.4) is 0 Å². The molecule has 0 aliphatic heterocycles. The molecular formula is C39H76O3. The van der Waals surface area contributed by atoms with Gasteiger partial charge in [-0.2, -0.15) is 0 Å². The van der Waals surface area contributed by atoms with E-state index < -0.39 is 0 Å². The van der Waals surface area contributed by atoms with Gasteiger partial charge in [-0.1, -0.05) is 207 Å². The molecule has 0 aliphatic rings. The highest BCUT2D eigenvalue weighted by Crippen LogP contribution is 2.16. The van der Waals surface area contributed by atoms with Crippen LogP contribution >= 0.6 is 0 Å². The first-order chi connectivity index (χ1) is 20.6. The van der Waals surface area contributed by atoms with Crippen molar-refractivity contribution in [3.05, 3.63) is 0 Å². The average Bonchev–Trinajstić information content (AvgIpc) is 2.96. The van der Waals surface area contributed by atoms with Crippen molar-refractivity contribution in [2.45, 2.75) is 233 Å². The zero-order valence-corrected chi connectivity index (χ0v) is 29.1. The van der Waals surface area contributed by atoms with E-state index in [0.717, 1.165) is 31.6 Å². The molecule has 0 radical (unpaired) electrons. The van der Waals surface area contributed by atoms with E-state index in [2.05, 4.69) is 20.8 Å². The molecule has 0 saturated heterocycles. The molecule has 0 aromatic heterocycles. The predicted molar refractivity (Wildman–Crippen MR) is 184 cm³/mol. The lowest BCUT2D eigenvalue weighted by atomic mass is 10.0. The lowest BCUT2D eigenvalue weighted by Gasteiger charge is -2.05. The minimum atomic E-state index is -0.323. The molecule has 0 fully saturated rings. The summed E-state index contributed by atoms with van der Waals surface area (Å²) in [4.78, 5) is 23.9. The van der Waals surface area contributed by atoms with Crippen molar-refractivity contribution in [2.24, 2.45) is 5.92 Å². The van der Waals surface area contributed by atoms with Crippen molar-refractivity contribution in [1.29, 1.82) is 0 Å². The number of ether oxygens (including phenoxy) is 1. The molecule has 42 heavy (non-hydrogen) atoms. The third kappa shape index (κ3) is 35.3. The summed E-state index contributed by atoms with van der Waals surface area (Å²) in [6.07, 6.45) is 41.6. The molecule has 0 atom stereocenters. The zero-order chi connectivity index (χ0) is 30.8. The lowest BCUT2D eigenvalue weighted by molar-refractivity contribution is -0.159. The topological polar surface area (TPSA) is 43.4 Å². The summed E-state index contributed by atoms with van der Waals surface area (Å²) in [6, 6.07) is 0. The van der Waals surface area contributed by atoms with E-state index in [1.54, 1.807) is 0 Å². The normalized spacial score (nSPS) is 11.4. The van der Waals surface area contributed by atoms with Gasteiger partial charge in [-0.05, 0) is 18.8 Å². The van der Waals surface area contributed by atoms with E-state index in [-0.39, 0.29) is 11.9 Å². The van der Waals surface area contributed by atoms with Gasteiger partial charge in [0.05, 0.1) is 0 Å². The number of hydrogen-bond acceptors (Lipinski definition) is 3. The molecule has 3 heteroatoms. The third-order valence-corrected chi connectivity index (χ3v) is 8.87. The Morgan fingerprint density at radius 3 is 0.881 bits per heavy atom. The zero-order valence-electron chi connectivity index (χ0n) is 29.1. The highest BCUT2D eigenvalue weighted by atomic mass is 16.6. The van der Waals surface area contributed by atoms with Gasteiger partial charge in [0.15, 0.2) is 0 Å². The van der Waals surface area contributed by atoms with Gasteiger partial charge >= 0.3 is 11.9 Å². The summed E-state index contributed by atoms with van der Waals surface area (Å²) >= 11 is 0. The summed E-state index contributed by atoms with van der Waals surface area (Å²) in [5, 5.41) is 0. The number of unbranched alkanes of at least 4 members (excludes halogenated alkanes) is 28. The maximum atomic E-state index is 11.9. The molecule has 0 N–H and O–H groups in total. The second-order valence-electron chi connectivity index (χ2n) is 13.8. The van der Waals surface area contributed by atoms with Crippen LogP contribution in [0.2, 0.25) is 0 Å². The number of carbonyl (C=O) groups excluding carboxylic acids is 2. The van der Waals surface area contributed by atoms with Crippen molar-refractivity contribution in [1.82, 2.24) is 0 Å². The van der Waals surface area contributed by atoms with Gasteiger partial charge in [0, 0.05) is 12.8 Å². The van der Waals surface area contributed by atoms with Gasteiger partial charge in [0.25, 0.3) is 0 Å². The number of hydrogen-bond donors (Lipinski definition) is 0. The van der Waals surface area contributed by atoms with Gasteiger partial charge in [0.2, 0.25) is 0 Å². The van der Waals surface area contributed by atoms with Crippen molar-refractivity contribution in [3.8, 4) is 0 Å². The van der Waals surface area contributed by atoms with Crippen LogP contribution in [-0.4, -0.2) is 11.9 Å². The van der Waals surface area contributed by atoms with Crippen molar-refractivity contribution >= 4 is 11.9 Å². The first-order valence-electron chi connectivity index (χ1n) is 19.3. The van der Waals surface area contributed by atoms with Crippen molar-refractivity contribution in [3.63, 3.8) is 0 Å². The first-order valence-corrected chi connectivity index (χ1v) is 19.3. The fourth-order valence-electron chi connectivity index (χ4n) is 5.99. The maximum Gasteiger partial charge on any atom is 0.313 e.